The van der Waals surface area contributed by atoms with Gasteiger partial charge in [0.2, 0.25) is 5.91 Å². The molecular formula is C15H15ClN2O2. The summed E-state index contributed by atoms with van der Waals surface area (Å²) in [6.45, 7) is 1.88. The third kappa shape index (κ3) is 3.71. The maximum absolute atomic E-state index is 11.9. The Bertz CT molecular complexity index is 667. The summed E-state index contributed by atoms with van der Waals surface area (Å²) in [4.78, 5) is 23.5. The predicted molar refractivity (Wildman–Crippen MR) is 78.7 cm³/mol. The van der Waals surface area contributed by atoms with Gasteiger partial charge in [-0.2, -0.15) is 0 Å². The zero-order valence-corrected chi connectivity index (χ0v) is 11.8. The molecule has 104 valence electrons. The van der Waals surface area contributed by atoms with Gasteiger partial charge in [0.1, 0.15) is 6.54 Å². The number of nitrogens with one attached hydrogen (secondary N) is 1. The lowest BCUT2D eigenvalue weighted by Crippen LogP contribution is -2.33. The Morgan fingerprint density at radius 3 is 2.80 bits per heavy atom. The van der Waals surface area contributed by atoms with Crippen molar-refractivity contribution in [3.63, 3.8) is 0 Å². The first-order valence-corrected chi connectivity index (χ1v) is 6.64. The van der Waals surface area contributed by atoms with E-state index < -0.39 is 0 Å². The Morgan fingerprint density at radius 1 is 1.30 bits per heavy atom. The van der Waals surface area contributed by atoms with Crippen LogP contribution in [0.4, 0.5) is 0 Å². The topological polar surface area (TPSA) is 51.1 Å². The second kappa shape index (κ2) is 6.39. The molecule has 1 amide bonds. The summed E-state index contributed by atoms with van der Waals surface area (Å²) in [6.07, 6.45) is 1.59. The van der Waals surface area contributed by atoms with Gasteiger partial charge in [0.05, 0.1) is 6.04 Å². The maximum atomic E-state index is 11.9. The Hall–Kier alpha value is -2.07. The van der Waals surface area contributed by atoms with Gasteiger partial charge in [-0.1, -0.05) is 29.8 Å². The van der Waals surface area contributed by atoms with E-state index in [9.17, 15) is 9.59 Å². The molecule has 4 nitrogen and oxygen atoms in total. The number of hydrogen-bond acceptors (Lipinski definition) is 2. The highest BCUT2D eigenvalue weighted by Gasteiger charge is 2.10. The van der Waals surface area contributed by atoms with Crippen LogP contribution in [0.25, 0.3) is 0 Å². The average Bonchev–Trinajstić information content (AvgIpc) is 2.41. The van der Waals surface area contributed by atoms with Crippen LogP contribution in [0, 0.1) is 0 Å². The van der Waals surface area contributed by atoms with E-state index >= 15 is 0 Å². The number of nitrogens with zero attached hydrogens (tertiary/aromatic N) is 1. The summed E-state index contributed by atoms with van der Waals surface area (Å²) in [5.74, 6) is -0.217. The molecule has 0 saturated heterocycles. The van der Waals surface area contributed by atoms with Gasteiger partial charge in [0.15, 0.2) is 0 Å². The number of halogens is 1. The predicted octanol–water partition coefficient (Wildman–Crippen LogP) is 2.38. The van der Waals surface area contributed by atoms with Crippen LogP contribution in [0.3, 0.4) is 0 Å². The Labute approximate surface area is 122 Å². The van der Waals surface area contributed by atoms with E-state index in [1.165, 1.54) is 10.6 Å². The van der Waals surface area contributed by atoms with E-state index in [1.807, 2.05) is 19.1 Å². The molecule has 1 aromatic heterocycles. The van der Waals surface area contributed by atoms with Crippen LogP contribution in [0.2, 0.25) is 5.02 Å². The number of pyridine rings is 1. The lowest BCUT2D eigenvalue weighted by Gasteiger charge is -2.15. The van der Waals surface area contributed by atoms with Gasteiger partial charge in [-0.15, -0.1) is 0 Å². The number of hydrogen-bond donors (Lipinski definition) is 1. The fraction of sp³-hybridized carbons (Fsp3) is 0.200. The van der Waals surface area contributed by atoms with E-state index in [0.29, 0.717) is 5.02 Å². The Kier molecular flexibility index (Phi) is 4.58. The molecule has 5 heteroatoms. The Balaban J connectivity index is 2.01. The summed E-state index contributed by atoms with van der Waals surface area (Å²) in [7, 11) is 0. The van der Waals surface area contributed by atoms with Crippen molar-refractivity contribution in [2.75, 3.05) is 0 Å². The van der Waals surface area contributed by atoms with Crippen molar-refractivity contribution in [2.45, 2.75) is 19.5 Å². The number of benzene rings is 1. The zero-order valence-electron chi connectivity index (χ0n) is 11.0. The van der Waals surface area contributed by atoms with Gasteiger partial charge in [-0.3, -0.25) is 9.59 Å². The van der Waals surface area contributed by atoms with Crippen molar-refractivity contribution in [1.82, 2.24) is 9.88 Å². The van der Waals surface area contributed by atoms with Gasteiger partial charge >= 0.3 is 0 Å². The lowest BCUT2D eigenvalue weighted by atomic mass is 10.1. The highest BCUT2D eigenvalue weighted by molar-refractivity contribution is 6.30. The second-order valence-corrected chi connectivity index (χ2v) is 4.95. The summed E-state index contributed by atoms with van der Waals surface area (Å²) in [5.41, 5.74) is 0.726. The Morgan fingerprint density at radius 2 is 2.10 bits per heavy atom. The lowest BCUT2D eigenvalue weighted by molar-refractivity contribution is -0.122. The molecule has 1 heterocycles. The molecule has 0 aliphatic carbocycles. The summed E-state index contributed by atoms with van der Waals surface area (Å²) >= 11 is 5.92. The van der Waals surface area contributed by atoms with Gasteiger partial charge in [0.25, 0.3) is 5.56 Å². The van der Waals surface area contributed by atoms with Crippen LogP contribution in [-0.2, 0) is 11.3 Å². The molecule has 0 spiro atoms. The van der Waals surface area contributed by atoms with Crippen LogP contribution in [0.15, 0.2) is 53.5 Å². The van der Waals surface area contributed by atoms with Crippen LogP contribution < -0.4 is 10.9 Å². The van der Waals surface area contributed by atoms with Crippen molar-refractivity contribution in [1.29, 1.82) is 0 Å². The van der Waals surface area contributed by atoms with Crippen LogP contribution in [-0.4, -0.2) is 10.5 Å². The average molecular weight is 291 g/mol. The first-order valence-electron chi connectivity index (χ1n) is 6.26. The molecule has 0 unspecified atom stereocenters. The maximum Gasteiger partial charge on any atom is 0.250 e. The van der Waals surface area contributed by atoms with E-state index in [4.69, 9.17) is 11.6 Å². The fourth-order valence-corrected chi connectivity index (χ4v) is 2.09. The molecule has 1 N–H and O–H groups in total. The standard InChI is InChI=1S/C15H15ClN2O2/c1-11(12-5-4-6-13(16)9-12)17-14(19)10-18-8-3-2-7-15(18)20/h2-9,11H,10H2,1H3,(H,17,19)/t11-/m1/s1. The molecule has 2 rings (SSSR count). The molecule has 2 aromatic rings. The molecule has 1 atom stereocenters. The largest absolute Gasteiger partial charge is 0.348 e. The smallest absolute Gasteiger partial charge is 0.250 e. The van der Waals surface area contributed by atoms with Gasteiger partial charge in [-0.05, 0) is 30.7 Å². The highest BCUT2D eigenvalue weighted by atomic mass is 35.5. The fourth-order valence-electron chi connectivity index (χ4n) is 1.89. The van der Waals surface area contributed by atoms with E-state index in [0.717, 1.165) is 5.56 Å². The molecule has 20 heavy (non-hydrogen) atoms. The third-order valence-electron chi connectivity index (χ3n) is 2.94. The molecule has 0 aliphatic rings. The monoisotopic (exact) mass is 290 g/mol. The first kappa shape index (κ1) is 14.3. The van der Waals surface area contributed by atoms with E-state index in [-0.39, 0.29) is 24.1 Å². The van der Waals surface area contributed by atoms with Gasteiger partial charge in [-0.25, -0.2) is 0 Å². The number of aromatic nitrogens is 1. The van der Waals surface area contributed by atoms with Crippen LogP contribution >= 0.6 is 11.6 Å². The van der Waals surface area contributed by atoms with Crippen molar-refractivity contribution >= 4 is 17.5 Å². The summed E-state index contributed by atoms with van der Waals surface area (Å²) < 4.78 is 1.36. The molecule has 0 bridgehead atoms. The molecule has 0 aliphatic heterocycles. The minimum absolute atomic E-state index is 0.00454. The quantitative estimate of drug-likeness (QED) is 0.940. The minimum Gasteiger partial charge on any atom is -0.348 e. The normalized spacial score (nSPS) is 11.9. The highest BCUT2D eigenvalue weighted by Crippen LogP contribution is 2.17. The molecule has 0 radical (unpaired) electrons. The number of amides is 1. The van der Waals surface area contributed by atoms with Crippen molar-refractivity contribution in [3.8, 4) is 0 Å². The third-order valence-corrected chi connectivity index (χ3v) is 3.17. The SMILES string of the molecule is C[C@@H](NC(=O)Cn1ccccc1=O)c1cccc(Cl)c1. The minimum atomic E-state index is -0.217. The molecule has 0 fully saturated rings. The number of carbonyl (C=O) groups excluding carboxylic acids is 1. The van der Waals surface area contributed by atoms with E-state index in [1.54, 1.807) is 30.5 Å². The van der Waals surface area contributed by atoms with Crippen molar-refractivity contribution in [2.24, 2.45) is 0 Å². The molecule has 1 aromatic carbocycles. The van der Waals surface area contributed by atoms with Crippen molar-refractivity contribution in [3.05, 3.63) is 69.6 Å². The number of carbonyl (C=O) groups is 1. The van der Waals surface area contributed by atoms with Crippen LogP contribution in [0.5, 0.6) is 0 Å². The van der Waals surface area contributed by atoms with Crippen LogP contribution in [0.1, 0.15) is 18.5 Å². The van der Waals surface area contributed by atoms with E-state index in [2.05, 4.69) is 5.32 Å². The zero-order chi connectivity index (χ0) is 14.5. The van der Waals surface area contributed by atoms with Gasteiger partial charge in [0, 0.05) is 17.3 Å². The molecule has 0 saturated carbocycles. The summed E-state index contributed by atoms with van der Waals surface area (Å²) in [6, 6.07) is 11.9. The van der Waals surface area contributed by atoms with Crippen molar-refractivity contribution < 1.29 is 4.79 Å². The number of rotatable bonds is 4. The first-order chi connectivity index (χ1) is 9.56. The summed E-state index contributed by atoms with van der Waals surface area (Å²) in [5, 5.41) is 3.47. The van der Waals surface area contributed by atoms with Gasteiger partial charge < -0.3 is 9.88 Å². The molecular weight excluding hydrogens is 276 g/mol. The second-order valence-electron chi connectivity index (χ2n) is 4.51.